The molecule has 1 aromatic heterocycles. The van der Waals surface area contributed by atoms with E-state index in [2.05, 4.69) is 10.3 Å². The molecule has 12 heavy (non-hydrogen) atoms. The van der Waals surface area contributed by atoms with Crippen LogP contribution in [0.1, 0.15) is 24.4 Å². The Morgan fingerprint density at radius 3 is 3.08 bits per heavy atom. The predicted octanol–water partition coefficient (Wildman–Crippen LogP) is 1.21. The topological polar surface area (TPSA) is 45.2 Å². The zero-order chi connectivity index (χ0) is 8.39. The summed E-state index contributed by atoms with van der Waals surface area (Å²) in [5.74, 6) is 0.251. The van der Waals surface area contributed by atoms with Gasteiger partial charge in [0.25, 0.3) is 0 Å². The molecule has 1 atom stereocenters. The summed E-state index contributed by atoms with van der Waals surface area (Å²) < 4.78 is 0. The van der Waals surface area contributed by atoms with Gasteiger partial charge in [-0.15, -0.1) is 0 Å². The number of hydrogen-bond acceptors (Lipinski definition) is 3. The van der Waals surface area contributed by atoms with E-state index in [1.54, 1.807) is 6.07 Å². The van der Waals surface area contributed by atoms with Crippen LogP contribution in [-0.2, 0) is 0 Å². The molecule has 0 radical (unpaired) electrons. The van der Waals surface area contributed by atoms with E-state index in [1.807, 2.05) is 6.20 Å². The highest BCUT2D eigenvalue weighted by atomic mass is 16.3. The van der Waals surface area contributed by atoms with Gasteiger partial charge in [0.2, 0.25) is 0 Å². The van der Waals surface area contributed by atoms with E-state index in [0.717, 1.165) is 18.5 Å². The van der Waals surface area contributed by atoms with Crippen LogP contribution < -0.4 is 5.32 Å². The maximum atomic E-state index is 9.18. The minimum absolute atomic E-state index is 0.251. The van der Waals surface area contributed by atoms with Crippen molar-refractivity contribution < 1.29 is 5.11 Å². The fourth-order valence-corrected chi connectivity index (χ4v) is 1.60. The molecule has 3 heteroatoms. The van der Waals surface area contributed by atoms with Crippen LogP contribution >= 0.6 is 0 Å². The fraction of sp³-hybridized carbons (Fsp3) is 0.444. The molecule has 64 valence electrons. The Morgan fingerprint density at radius 2 is 2.42 bits per heavy atom. The third kappa shape index (κ3) is 1.41. The zero-order valence-corrected chi connectivity index (χ0v) is 6.83. The number of aromatic hydroxyl groups is 1. The van der Waals surface area contributed by atoms with Crippen molar-refractivity contribution in [2.24, 2.45) is 0 Å². The molecule has 0 spiro atoms. The summed E-state index contributed by atoms with van der Waals surface area (Å²) in [7, 11) is 0. The molecule has 1 aliphatic heterocycles. The second-order valence-corrected chi connectivity index (χ2v) is 3.13. The summed E-state index contributed by atoms with van der Waals surface area (Å²) in [6.45, 7) is 1.07. The van der Waals surface area contributed by atoms with Crippen molar-refractivity contribution >= 4 is 0 Å². The highest BCUT2D eigenvalue weighted by Gasteiger charge is 2.16. The van der Waals surface area contributed by atoms with Crippen LogP contribution in [0.5, 0.6) is 5.75 Å². The Morgan fingerprint density at radius 1 is 1.50 bits per heavy atom. The van der Waals surface area contributed by atoms with Crippen molar-refractivity contribution in [1.29, 1.82) is 0 Å². The highest BCUT2D eigenvalue weighted by Crippen LogP contribution is 2.24. The van der Waals surface area contributed by atoms with Crippen LogP contribution in [0.2, 0.25) is 0 Å². The Kier molecular flexibility index (Phi) is 1.96. The Hall–Kier alpha value is -1.09. The number of nitrogens with zero attached hydrogens (tertiary/aromatic N) is 1. The van der Waals surface area contributed by atoms with Gasteiger partial charge in [-0.1, -0.05) is 0 Å². The Labute approximate surface area is 71.4 Å². The maximum absolute atomic E-state index is 9.18. The molecule has 1 fully saturated rings. The van der Waals surface area contributed by atoms with Gasteiger partial charge < -0.3 is 10.4 Å². The van der Waals surface area contributed by atoms with Gasteiger partial charge in [0.1, 0.15) is 5.75 Å². The van der Waals surface area contributed by atoms with Crippen LogP contribution in [0.25, 0.3) is 0 Å². The number of rotatable bonds is 1. The molecule has 1 aromatic rings. The molecule has 0 saturated carbocycles. The van der Waals surface area contributed by atoms with Crippen molar-refractivity contribution in [3.05, 3.63) is 24.0 Å². The predicted molar refractivity (Wildman–Crippen MR) is 45.9 cm³/mol. The highest BCUT2D eigenvalue weighted by molar-refractivity contribution is 5.25. The normalized spacial score (nSPS) is 22.8. The third-order valence-electron chi connectivity index (χ3n) is 2.21. The lowest BCUT2D eigenvalue weighted by molar-refractivity contribution is 0.470. The number of pyridine rings is 1. The summed E-state index contributed by atoms with van der Waals surface area (Å²) in [6.07, 6.45) is 5.62. The molecule has 2 rings (SSSR count). The van der Waals surface area contributed by atoms with Crippen molar-refractivity contribution in [2.45, 2.75) is 18.9 Å². The monoisotopic (exact) mass is 164 g/mol. The van der Waals surface area contributed by atoms with Gasteiger partial charge in [0.15, 0.2) is 0 Å². The molecule has 1 saturated heterocycles. The minimum atomic E-state index is 0.251. The fourth-order valence-electron chi connectivity index (χ4n) is 1.60. The number of hydrogen-bond donors (Lipinski definition) is 2. The standard InChI is InChI=1S/C9H12N2O/c12-8-4-7(5-10-6-8)9-2-1-3-11-9/h4-6,9,11-12H,1-3H2/t9-/m0/s1. The lowest BCUT2D eigenvalue weighted by Gasteiger charge is -2.09. The molecule has 0 aliphatic carbocycles. The van der Waals surface area contributed by atoms with Crippen molar-refractivity contribution in [1.82, 2.24) is 10.3 Å². The molecule has 0 amide bonds. The largest absolute Gasteiger partial charge is 0.506 e. The van der Waals surface area contributed by atoms with Crippen LogP contribution in [-0.4, -0.2) is 16.6 Å². The average Bonchev–Trinajstić information content (AvgIpc) is 2.56. The number of aromatic nitrogens is 1. The molecule has 0 bridgehead atoms. The van der Waals surface area contributed by atoms with Gasteiger partial charge >= 0.3 is 0 Å². The van der Waals surface area contributed by atoms with Crippen LogP contribution in [0.15, 0.2) is 18.5 Å². The van der Waals surface area contributed by atoms with Gasteiger partial charge in [-0.3, -0.25) is 4.98 Å². The van der Waals surface area contributed by atoms with Gasteiger partial charge in [0.05, 0.1) is 6.20 Å². The summed E-state index contributed by atoms with van der Waals surface area (Å²) in [6, 6.07) is 2.17. The molecule has 0 unspecified atom stereocenters. The van der Waals surface area contributed by atoms with E-state index in [4.69, 9.17) is 0 Å². The van der Waals surface area contributed by atoms with E-state index in [9.17, 15) is 5.11 Å². The zero-order valence-electron chi connectivity index (χ0n) is 6.83. The van der Waals surface area contributed by atoms with Gasteiger partial charge in [-0.25, -0.2) is 0 Å². The summed E-state index contributed by atoms with van der Waals surface area (Å²) in [5.41, 5.74) is 1.09. The smallest absolute Gasteiger partial charge is 0.134 e. The average molecular weight is 164 g/mol. The summed E-state index contributed by atoms with van der Waals surface area (Å²) in [5, 5.41) is 12.5. The van der Waals surface area contributed by atoms with E-state index < -0.39 is 0 Å². The van der Waals surface area contributed by atoms with Crippen LogP contribution in [0.4, 0.5) is 0 Å². The molecular formula is C9H12N2O. The lowest BCUT2D eigenvalue weighted by atomic mass is 10.1. The first-order chi connectivity index (χ1) is 5.86. The Balaban J connectivity index is 2.21. The molecule has 2 N–H and O–H groups in total. The molecule has 3 nitrogen and oxygen atoms in total. The van der Waals surface area contributed by atoms with Crippen molar-refractivity contribution in [2.75, 3.05) is 6.54 Å². The first-order valence-electron chi connectivity index (χ1n) is 4.23. The quantitative estimate of drug-likeness (QED) is 0.655. The first kappa shape index (κ1) is 7.55. The lowest BCUT2D eigenvalue weighted by Crippen LogP contribution is -2.12. The van der Waals surface area contributed by atoms with E-state index in [1.165, 1.54) is 12.6 Å². The Bertz CT molecular complexity index is 269. The van der Waals surface area contributed by atoms with Crippen LogP contribution in [0.3, 0.4) is 0 Å². The molecule has 2 heterocycles. The molecule has 0 aromatic carbocycles. The SMILES string of the molecule is Oc1cncc([C@@H]2CCCN2)c1. The summed E-state index contributed by atoms with van der Waals surface area (Å²) >= 11 is 0. The van der Waals surface area contributed by atoms with Gasteiger partial charge in [-0.2, -0.15) is 0 Å². The van der Waals surface area contributed by atoms with E-state index in [0.29, 0.717) is 6.04 Å². The molecule has 1 aliphatic rings. The van der Waals surface area contributed by atoms with Gasteiger partial charge in [-0.05, 0) is 31.0 Å². The maximum Gasteiger partial charge on any atom is 0.134 e. The minimum Gasteiger partial charge on any atom is -0.506 e. The molecular weight excluding hydrogens is 152 g/mol. The van der Waals surface area contributed by atoms with Crippen molar-refractivity contribution in [3.63, 3.8) is 0 Å². The summed E-state index contributed by atoms with van der Waals surface area (Å²) in [4.78, 5) is 3.94. The number of nitrogens with one attached hydrogen (secondary N) is 1. The second kappa shape index (κ2) is 3.11. The second-order valence-electron chi connectivity index (χ2n) is 3.13. The first-order valence-corrected chi connectivity index (χ1v) is 4.23. The van der Waals surface area contributed by atoms with Gasteiger partial charge in [0, 0.05) is 12.2 Å². The van der Waals surface area contributed by atoms with E-state index >= 15 is 0 Å². The third-order valence-corrected chi connectivity index (χ3v) is 2.21. The van der Waals surface area contributed by atoms with E-state index in [-0.39, 0.29) is 5.75 Å². The van der Waals surface area contributed by atoms with Crippen LogP contribution in [0, 0.1) is 0 Å². The van der Waals surface area contributed by atoms with Crippen molar-refractivity contribution in [3.8, 4) is 5.75 Å².